The van der Waals surface area contributed by atoms with Crippen molar-refractivity contribution in [2.75, 3.05) is 0 Å². The monoisotopic (exact) mass is 287 g/mol. The van der Waals surface area contributed by atoms with Crippen molar-refractivity contribution in [3.63, 3.8) is 0 Å². The number of benzene rings is 1. The van der Waals surface area contributed by atoms with Crippen LogP contribution in [0.2, 0.25) is 0 Å². The molecule has 5 nitrogen and oxygen atoms in total. The highest BCUT2D eigenvalue weighted by molar-refractivity contribution is 7.71. The minimum Gasteiger partial charge on any atom is -0.494 e. The topological polar surface area (TPSA) is 70.4 Å². The molecule has 102 valence electrons. The molecule has 1 aromatic carbocycles. The summed E-state index contributed by atoms with van der Waals surface area (Å²) in [6.07, 6.45) is 2.89. The highest BCUT2D eigenvalue weighted by Gasteiger charge is 2.09. The van der Waals surface area contributed by atoms with E-state index in [0.29, 0.717) is 12.2 Å². The Bertz CT molecular complexity index is 760. The summed E-state index contributed by atoms with van der Waals surface area (Å²) < 4.78 is 1.51. The van der Waals surface area contributed by atoms with E-state index in [1.54, 1.807) is 18.2 Å². The number of hydrogen-bond acceptors (Lipinski definition) is 4. The Kier molecular flexibility index (Phi) is 4.27. The third-order valence-corrected chi connectivity index (χ3v) is 2.94. The van der Waals surface area contributed by atoms with Gasteiger partial charge in [-0.1, -0.05) is 24.3 Å². The molecular formula is C14H13N3O2S. The van der Waals surface area contributed by atoms with E-state index in [9.17, 15) is 9.90 Å². The number of hydrogen-bond donors (Lipinski definition) is 2. The van der Waals surface area contributed by atoms with Gasteiger partial charge >= 0.3 is 0 Å². The van der Waals surface area contributed by atoms with Gasteiger partial charge in [-0.15, -0.1) is 6.58 Å². The van der Waals surface area contributed by atoms with E-state index >= 15 is 0 Å². The molecule has 6 heteroatoms. The second-order valence-corrected chi connectivity index (χ2v) is 4.38. The van der Waals surface area contributed by atoms with Crippen LogP contribution in [-0.4, -0.2) is 20.9 Å². The third kappa shape index (κ3) is 2.92. The lowest BCUT2D eigenvalue weighted by molar-refractivity contribution is 0.413. The molecule has 0 saturated carbocycles. The molecule has 0 saturated heterocycles. The van der Waals surface area contributed by atoms with E-state index in [0.717, 1.165) is 0 Å². The molecule has 0 aliphatic carbocycles. The molecule has 20 heavy (non-hydrogen) atoms. The molecule has 0 bridgehead atoms. The van der Waals surface area contributed by atoms with Crippen molar-refractivity contribution in [2.45, 2.75) is 6.54 Å². The molecule has 2 aromatic rings. The van der Waals surface area contributed by atoms with E-state index in [-0.39, 0.29) is 16.2 Å². The smallest absolute Gasteiger partial charge is 0.264 e. The highest BCUT2D eigenvalue weighted by atomic mass is 32.1. The Morgan fingerprint density at radius 3 is 2.75 bits per heavy atom. The van der Waals surface area contributed by atoms with Gasteiger partial charge in [0.1, 0.15) is 5.56 Å². The number of allylic oxidation sites excluding steroid dienone is 1. The van der Waals surface area contributed by atoms with Gasteiger partial charge in [0.15, 0.2) is 4.77 Å². The number of aliphatic imine (C=N–C) groups is 1. The van der Waals surface area contributed by atoms with Gasteiger partial charge in [0, 0.05) is 12.8 Å². The summed E-state index contributed by atoms with van der Waals surface area (Å²) in [6.45, 7) is 3.88. The lowest BCUT2D eigenvalue weighted by Crippen LogP contribution is -2.18. The predicted octanol–water partition coefficient (Wildman–Crippen LogP) is 2.55. The summed E-state index contributed by atoms with van der Waals surface area (Å²) in [5.74, 6) is -0.224. The van der Waals surface area contributed by atoms with Crippen molar-refractivity contribution >= 4 is 24.1 Å². The average Bonchev–Trinajstić information content (AvgIpc) is 2.44. The first-order chi connectivity index (χ1) is 9.63. The van der Waals surface area contributed by atoms with Crippen LogP contribution in [0.5, 0.6) is 5.88 Å². The minimum atomic E-state index is -0.479. The van der Waals surface area contributed by atoms with Crippen LogP contribution < -0.4 is 5.56 Å². The molecule has 0 fully saturated rings. The summed E-state index contributed by atoms with van der Waals surface area (Å²) in [5.41, 5.74) is 0.265. The standard InChI is InChI=1S/C14H13N3O2S/c1-2-8-17-13(19)11(12(18)16-14(17)20)9-15-10-6-4-3-5-7-10/h2-7,9,19H,1,8H2,(H,16,18,20). The first-order valence-electron chi connectivity index (χ1n) is 5.89. The van der Waals surface area contributed by atoms with Crippen molar-refractivity contribution in [1.29, 1.82) is 0 Å². The van der Waals surface area contributed by atoms with Gasteiger partial charge in [-0.3, -0.25) is 19.3 Å². The van der Waals surface area contributed by atoms with Crippen LogP contribution in [0, 0.1) is 4.77 Å². The quantitative estimate of drug-likeness (QED) is 0.516. The number of nitrogens with one attached hydrogen (secondary N) is 1. The Hall–Kier alpha value is -2.47. The maximum Gasteiger partial charge on any atom is 0.264 e. The Balaban J connectivity index is 2.49. The van der Waals surface area contributed by atoms with Gasteiger partial charge in [0.25, 0.3) is 5.56 Å². The summed E-state index contributed by atoms with van der Waals surface area (Å²) >= 11 is 4.98. The fraction of sp³-hybridized carbons (Fsp3) is 0.0714. The highest BCUT2D eigenvalue weighted by Crippen LogP contribution is 2.14. The maximum atomic E-state index is 11.8. The van der Waals surface area contributed by atoms with Gasteiger partial charge in [-0.25, -0.2) is 0 Å². The zero-order chi connectivity index (χ0) is 14.5. The number of aromatic amines is 1. The summed E-state index contributed by atoms with van der Waals surface area (Å²) in [6, 6.07) is 9.12. The molecule has 1 aromatic heterocycles. The van der Waals surface area contributed by atoms with Crippen LogP contribution in [0.1, 0.15) is 5.56 Å². The van der Waals surface area contributed by atoms with E-state index in [2.05, 4.69) is 16.6 Å². The Labute approximate surface area is 120 Å². The van der Waals surface area contributed by atoms with Crippen LogP contribution in [-0.2, 0) is 6.54 Å². The molecule has 0 spiro atoms. The molecule has 0 unspecified atom stereocenters. The fourth-order valence-electron chi connectivity index (χ4n) is 1.64. The van der Waals surface area contributed by atoms with Crippen molar-refractivity contribution in [1.82, 2.24) is 9.55 Å². The van der Waals surface area contributed by atoms with E-state index in [1.165, 1.54) is 10.8 Å². The number of rotatable bonds is 4. The molecular weight excluding hydrogens is 274 g/mol. The van der Waals surface area contributed by atoms with E-state index < -0.39 is 5.56 Å². The predicted molar refractivity (Wildman–Crippen MR) is 81.4 cm³/mol. The Morgan fingerprint density at radius 2 is 2.10 bits per heavy atom. The second-order valence-electron chi connectivity index (χ2n) is 3.99. The summed E-state index contributed by atoms with van der Waals surface area (Å²) in [4.78, 5) is 18.5. The molecule has 0 atom stereocenters. The van der Waals surface area contributed by atoms with Crippen LogP contribution >= 0.6 is 12.2 Å². The van der Waals surface area contributed by atoms with E-state index in [4.69, 9.17) is 12.2 Å². The summed E-state index contributed by atoms with van der Waals surface area (Å²) in [5, 5.41) is 10.1. The van der Waals surface area contributed by atoms with Gasteiger partial charge in [-0.05, 0) is 24.4 Å². The zero-order valence-electron chi connectivity index (χ0n) is 10.6. The van der Waals surface area contributed by atoms with Gasteiger partial charge in [0.2, 0.25) is 5.88 Å². The Morgan fingerprint density at radius 1 is 1.40 bits per heavy atom. The van der Waals surface area contributed by atoms with Crippen molar-refractivity contribution in [3.8, 4) is 5.88 Å². The van der Waals surface area contributed by atoms with Crippen LogP contribution in [0.3, 0.4) is 0 Å². The molecule has 0 radical (unpaired) electrons. The van der Waals surface area contributed by atoms with Crippen molar-refractivity contribution < 1.29 is 5.11 Å². The molecule has 2 N–H and O–H groups in total. The minimum absolute atomic E-state index is 0.0595. The largest absolute Gasteiger partial charge is 0.494 e. The number of H-pyrrole nitrogens is 1. The first kappa shape index (κ1) is 14.0. The molecule has 1 heterocycles. The maximum absolute atomic E-state index is 11.8. The molecule has 2 rings (SSSR count). The zero-order valence-corrected chi connectivity index (χ0v) is 11.4. The van der Waals surface area contributed by atoms with Gasteiger partial charge in [-0.2, -0.15) is 0 Å². The van der Waals surface area contributed by atoms with E-state index in [1.807, 2.05) is 18.2 Å². The summed E-state index contributed by atoms with van der Waals surface area (Å²) in [7, 11) is 0. The van der Waals surface area contributed by atoms with Crippen molar-refractivity contribution in [3.05, 3.63) is 63.7 Å². The number of nitrogens with zero attached hydrogens (tertiary/aromatic N) is 2. The lowest BCUT2D eigenvalue weighted by atomic mass is 10.3. The number of aromatic hydroxyl groups is 1. The lowest BCUT2D eigenvalue weighted by Gasteiger charge is -2.08. The molecule has 0 aliphatic rings. The normalized spacial score (nSPS) is 10.8. The average molecular weight is 287 g/mol. The number of para-hydroxylation sites is 1. The number of aromatic nitrogens is 2. The molecule has 0 aliphatic heterocycles. The van der Waals surface area contributed by atoms with Gasteiger partial charge < -0.3 is 5.11 Å². The van der Waals surface area contributed by atoms with Crippen LogP contribution in [0.4, 0.5) is 5.69 Å². The second kappa shape index (κ2) is 6.12. The van der Waals surface area contributed by atoms with Crippen molar-refractivity contribution in [2.24, 2.45) is 4.99 Å². The molecule has 0 amide bonds. The first-order valence-corrected chi connectivity index (χ1v) is 6.30. The van der Waals surface area contributed by atoms with Crippen LogP contribution in [0.15, 0.2) is 52.8 Å². The SMILES string of the molecule is C=CCn1c(O)c(C=Nc2ccccc2)c(=O)[nH]c1=S. The third-order valence-electron chi connectivity index (χ3n) is 2.62. The van der Waals surface area contributed by atoms with Crippen LogP contribution in [0.25, 0.3) is 0 Å². The fourth-order valence-corrected chi connectivity index (χ4v) is 1.90. The van der Waals surface area contributed by atoms with Gasteiger partial charge in [0.05, 0.1) is 5.69 Å².